The molecule has 2 heterocycles. The summed E-state index contributed by atoms with van der Waals surface area (Å²) in [6.07, 6.45) is 0. The largest absolute Gasteiger partial charge is 0.369 e. The highest BCUT2D eigenvalue weighted by molar-refractivity contribution is 7.99. The topological polar surface area (TPSA) is 78.5 Å². The quantitative estimate of drug-likeness (QED) is 0.713. The number of halogens is 1. The molecule has 1 unspecified atom stereocenters. The zero-order valence-corrected chi connectivity index (χ0v) is 17.8. The number of sulfonamides is 1. The number of benzene rings is 1. The normalized spacial score (nSPS) is 16.1. The van der Waals surface area contributed by atoms with Crippen LogP contribution in [0.15, 0.2) is 39.9 Å². The molecule has 27 heavy (non-hydrogen) atoms. The highest BCUT2D eigenvalue weighted by atomic mass is 35.5. The second kappa shape index (κ2) is 8.83. The number of hydrogen-bond acceptors (Lipinski definition) is 6. The average molecular weight is 446 g/mol. The van der Waals surface area contributed by atoms with Gasteiger partial charge in [-0.25, -0.2) is 8.42 Å². The van der Waals surface area contributed by atoms with Gasteiger partial charge in [0.15, 0.2) is 0 Å². The van der Waals surface area contributed by atoms with Crippen molar-refractivity contribution in [1.82, 2.24) is 4.72 Å². The van der Waals surface area contributed by atoms with Gasteiger partial charge >= 0.3 is 0 Å². The number of anilines is 2. The smallest absolute Gasteiger partial charge is 0.250 e. The lowest BCUT2D eigenvalue weighted by Crippen LogP contribution is -2.41. The van der Waals surface area contributed by atoms with Gasteiger partial charge in [-0.3, -0.25) is 4.79 Å². The maximum absolute atomic E-state index is 12.4. The number of amides is 1. The molecule has 1 saturated heterocycles. The molecule has 1 aliphatic rings. The van der Waals surface area contributed by atoms with Gasteiger partial charge in [-0.15, -0.1) is 11.3 Å². The molecule has 1 atom stereocenters. The minimum atomic E-state index is -3.71. The highest BCUT2D eigenvalue weighted by Crippen LogP contribution is 2.30. The van der Waals surface area contributed by atoms with Crippen LogP contribution >= 0.6 is 34.7 Å². The van der Waals surface area contributed by atoms with Crippen molar-refractivity contribution in [3.63, 3.8) is 0 Å². The molecule has 2 aromatic rings. The van der Waals surface area contributed by atoms with Gasteiger partial charge in [-0.2, -0.15) is 16.5 Å². The fourth-order valence-electron chi connectivity index (χ4n) is 2.66. The van der Waals surface area contributed by atoms with Crippen molar-refractivity contribution in [2.45, 2.75) is 17.2 Å². The molecule has 0 spiro atoms. The van der Waals surface area contributed by atoms with E-state index in [4.69, 9.17) is 11.6 Å². The van der Waals surface area contributed by atoms with Gasteiger partial charge in [0.05, 0.1) is 16.8 Å². The van der Waals surface area contributed by atoms with E-state index in [1.165, 1.54) is 13.0 Å². The monoisotopic (exact) mass is 445 g/mol. The molecule has 146 valence electrons. The van der Waals surface area contributed by atoms with E-state index in [9.17, 15) is 13.2 Å². The number of nitrogens with one attached hydrogen (secondary N) is 2. The third-order valence-corrected chi connectivity index (χ3v) is 8.24. The first kappa shape index (κ1) is 20.5. The lowest BCUT2D eigenvalue weighted by molar-refractivity contribution is -0.117. The van der Waals surface area contributed by atoms with Crippen LogP contribution in [0.1, 0.15) is 6.92 Å². The van der Waals surface area contributed by atoms with Crippen LogP contribution in [0.5, 0.6) is 0 Å². The maximum Gasteiger partial charge on any atom is 0.250 e. The van der Waals surface area contributed by atoms with Crippen molar-refractivity contribution in [1.29, 1.82) is 0 Å². The van der Waals surface area contributed by atoms with E-state index in [1.54, 1.807) is 23.6 Å². The standard InChI is InChI=1S/C17H20ClN3O3S3/c1-12(20-27(23,24)16-3-2-8-26-16)17(22)19-13-4-5-15(14(18)11-13)21-6-9-25-10-7-21/h2-5,8,11-12,20H,6-7,9-10H2,1H3,(H,19,22). The summed E-state index contributed by atoms with van der Waals surface area (Å²) in [5.74, 6) is 1.68. The average Bonchev–Trinajstić information content (AvgIpc) is 3.18. The molecule has 1 aromatic carbocycles. The maximum atomic E-state index is 12.4. The minimum absolute atomic E-state index is 0.175. The number of nitrogens with zero attached hydrogens (tertiary/aromatic N) is 1. The third kappa shape index (κ3) is 5.17. The number of rotatable bonds is 6. The molecule has 6 nitrogen and oxygen atoms in total. The molecule has 1 amide bonds. The Balaban J connectivity index is 1.64. The summed E-state index contributed by atoms with van der Waals surface area (Å²) in [7, 11) is -3.71. The van der Waals surface area contributed by atoms with Crippen LogP contribution in [0.2, 0.25) is 5.02 Å². The number of thioether (sulfide) groups is 1. The lowest BCUT2D eigenvalue weighted by Gasteiger charge is -2.29. The molecule has 1 fully saturated rings. The van der Waals surface area contributed by atoms with E-state index in [0.717, 1.165) is 41.6 Å². The Morgan fingerprint density at radius 3 is 2.63 bits per heavy atom. The van der Waals surface area contributed by atoms with Gasteiger partial charge in [0.2, 0.25) is 5.91 Å². The van der Waals surface area contributed by atoms with Gasteiger partial charge in [0, 0.05) is 30.3 Å². The van der Waals surface area contributed by atoms with Crippen LogP contribution in [-0.4, -0.2) is 45.0 Å². The van der Waals surface area contributed by atoms with Crippen molar-refractivity contribution in [3.8, 4) is 0 Å². The molecular formula is C17H20ClN3O3S3. The SMILES string of the molecule is CC(NS(=O)(=O)c1cccs1)C(=O)Nc1ccc(N2CCSCC2)c(Cl)c1. The summed E-state index contributed by atoms with van der Waals surface area (Å²) in [5.41, 5.74) is 1.48. The van der Waals surface area contributed by atoms with E-state index in [0.29, 0.717) is 10.7 Å². The molecular weight excluding hydrogens is 426 g/mol. The van der Waals surface area contributed by atoms with Crippen LogP contribution in [0, 0.1) is 0 Å². The predicted molar refractivity (Wildman–Crippen MR) is 114 cm³/mol. The summed E-state index contributed by atoms with van der Waals surface area (Å²) >= 11 is 9.41. The van der Waals surface area contributed by atoms with Gasteiger partial charge in [-0.1, -0.05) is 17.7 Å². The fraction of sp³-hybridized carbons (Fsp3) is 0.353. The number of carbonyl (C=O) groups excluding carboxylic acids is 1. The van der Waals surface area contributed by atoms with Gasteiger partial charge in [0.1, 0.15) is 4.21 Å². The summed E-state index contributed by atoms with van der Waals surface area (Å²) in [6, 6.07) is 7.57. The minimum Gasteiger partial charge on any atom is -0.369 e. The molecule has 0 bridgehead atoms. The predicted octanol–water partition coefficient (Wildman–Crippen LogP) is 3.26. The van der Waals surface area contributed by atoms with Crippen LogP contribution in [0.3, 0.4) is 0 Å². The van der Waals surface area contributed by atoms with Crippen molar-refractivity contribution >= 4 is 62.0 Å². The highest BCUT2D eigenvalue weighted by Gasteiger charge is 2.23. The van der Waals surface area contributed by atoms with Crippen LogP contribution in [0.25, 0.3) is 0 Å². The molecule has 3 rings (SSSR count). The second-order valence-electron chi connectivity index (χ2n) is 6.03. The first-order valence-corrected chi connectivity index (χ1v) is 12.3. The first-order chi connectivity index (χ1) is 12.9. The van der Waals surface area contributed by atoms with Gasteiger partial charge in [0.25, 0.3) is 10.0 Å². The van der Waals surface area contributed by atoms with Crippen LogP contribution < -0.4 is 14.9 Å². The number of hydrogen-bond donors (Lipinski definition) is 2. The van der Waals surface area contributed by atoms with Crippen molar-refractivity contribution in [2.75, 3.05) is 34.8 Å². The van der Waals surface area contributed by atoms with Crippen molar-refractivity contribution in [2.24, 2.45) is 0 Å². The number of carbonyl (C=O) groups is 1. The van der Waals surface area contributed by atoms with Crippen molar-refractivity contribution in [3.05, 3.63) is 40.7 Å². The molecule has 1 aliphatic heterocycles. The number of thiophene rings is 1. The van der Waals surface area contributed by atoms with Crippen molar-refractivity contribution < 1.29 is 13.2 Å². The fourth-order valence-corrected chi connectivity index (χ4v) is 6.07. The third-order valence-electron chi connectivity index (χ3n) is 4.05. The van der Waals surface area contributed by atoms with Crippen LogP contribution in [-0.2, 0) is 14.8 Å². The van der Waals surface area contributed by atoms with Gasteiger partial charge in [-0.05, 0) is 36.6 Å². The van der Waals surface area contributed by atoms with Crippen LogP contribution in [0.4, 0.5) is 11.4 Å². The molecule has 10 heteroatoms. The Morgan fingerprint density at radius 1 is 1.26 bits per heavy atom. The summed E-state index contributed by atoms with van der Waals surface area (Å²) in [6.45, 7) is 3.39. The Hall–Kier alpha value is -1.26. The zero-order chi connectivity index (χ0) is 19.4. The lowest BCUT2D eigenvalue weighted by atomic mass is 10.2. The summed E-state index contributed by atoms with van der Waals surface area (Å²) in [5, 5.41) is 4.94. The Labute approximate surface area is 172 Å². The van der Waals surface area contributed by atoms with E-state index in [1.807, 2.05) is 17.8 Å². The molecule has 1 aromatic heterocycles. The summed E-state index contributed by atoms with van der Waals surface area (Å²) in [4.78, 5) is 14.6. The summed E-state index contributed by atoms with van der Waals surface area (Å²) < 4.78 is 27.0. The Kier molecular flexibility index (Phi) is 6.69. The van der Waals surface area contributed by atoms with E-state index in [2.05, 4.69) is 14.9 Å². The zero-order valence-electron chi connectivity index (χ0n) is 14.6. The van der Waals surface area contributed by atoms with Gasteiger partial charge < -0.3 is 10.2 Å². The molecule has 0 saturated carbocycles. The van der Waals surface area contributed by atoms with E-state index >= 15 is 0 Å². The van der Waals surface area contributed by atoms with E-state index < -0.39 is 22.0 Å². The Morgan fingerprint density at radius 2 is 2.00 bits per heavy atom. The molecule has 0 aliphatic carbocycles. The van der Waals surface area contributed by atoms with E-state index in [-0.39, 0.29) is 4.21 Å². The Bertz CT molecular complexity index is 897. The molecule has 2 N–H and O–H groups in total. The molecule has 0 radical (unpaired) electrons. The first-order valence-electron chi connectivity index (χ1n) is 8.36. The second-order valence-corrected chi connectivity index (χ2v) is 10.6.